The van der Waals surface area contributed by atoms with Crippen LogP contribution in [-0.4, -0.2) is 22.5 Å². The fraction of sp³-hybridized carbons (Fsp3) is 0. The second kappa shape index (κ2) is 6.84. The molecule has 8 nitrogen and oxygen atoms in total. The Bertz CT molecular complexity index is 623. The van der Waals surface area contributed by atoms with E-state index in [0.29, 0.717) is 0 Å². The minimum Gasteiger partial charge on any atom is -0.449 e. The maximum Gasteiger partial charge on any atom is 0.511 e. The fourth-order valence-electron chi connectivity index (χ4n) is 1.48. The van der Waals surface area contributed by atoms with Gasteiger partial charge in [0.15, 0.2) is 11.5 Å². The third-order valence-corrected chi connectivity index (χ3v) is 2.31. The van der Waals surface area contributed by atoms with Gasteiger partial charge in [-0.15, -0.1) is 0 Å². The lowest BCUT2D eigenvalue weighted by atomic mass is 10.3. The average Bonchev–Trinajstić information content (AvgIpc) is 2.46. The Kier molecular flexibility index (Phi) is 4.66. The number of hydrogen-bond donors (Lipinski definition) is 2. The molecule has 0 radical (unpaired) electrons. The van der Waals surface area contributed by atoms with Gasteiger partial charge in [0, 0.05) is 0 Å². The molecule has 0 amide bonds. The Morgan fingerprint density at radius 3 is 1.27 bits per heavy atom. The molecule has 0 aliphatic heterocycles. The SMILES string of the molecule is O=C(O)Oc1ccccc1OOc1ccccc1OC(=O)O. The molecule has 0 saturated carbocycles. The molecule has 0 unspecified atom stereocenters. The van der Waals surface area contributed by atoms with Crippen molar-refractivity contribution in [1.82, 2.24) is 0 Å². The zero-order valence-electron chi connectivity index (χ0n) is 11.0. The monoisotopic (exact) mass is 306 g/mol. The Morgan fingerprint density at radius 2 is 0.955 bits per heavy atom. The number of benzene rings is 2. The van der Waals surface area contributed by atoms with Crippen LogP contribution in [0.15, 0.2) is 48.5 Å². The van der Waals surface area contributed by atoms with Crippen molar-refractivity contribution in [2.45, 2.75) is 0 Å². The molecule has 22 heavy (non-hydrogen) atoms. The lowest BCUT2D eigenvalue weighted by Crippen LogP contribution is -2.09. The Hall–Kier alpha value is -3.42. The van der Waals surface area contributed by atoms with Crippen molar-refractivity contribution < 1.29 is 39.1 Å². The van der Waals surface area contributed by atoms with Crippen LogP contribution in [0.25, 0.3) is 0 Å². The van der Waals surface area contributed by atoms with Crippen molar-refractivity contribution in [3.05, 3.63) is 48.5 Å². The largest absolute Gasteiger partial charge is 0.511 e. The third kappa shape index (κ3) is 4.04. The Balaban J connectivity index is 2.14. The molecule has 114 valence electrons. The van der Waals surface area contributed by atoms with Gasteiger partial charge in [0.1, 0.15) is 0 Å². The summed E-state index contributed by atoms with van der Waals surface area (Å²) >= 11 is 0. The van der Waals surface area contributed by atoms with E-state index in [1.807, 2.05) is 0 Å². The van der Waals surface area contributed by atoms with Gasteiger partial charge in [-0.2, -0.15) is 0 Å². The first-order valence-electron chi connectivity index (χ1n) is 5.90. The van der Waals surface area contributed by atoms with Gasteiger partial charge in [-0.1, -0.05) is 24.3 Å². The van der Waals surface area contributed by atoms with Gasteiger partial charge in [-0.25, -0.2) is 9.59 Å². The van der Waals surface area contributed by atoms with Gasteiger partial charge in [0.05, 0.1) is 0 Å². The molecule has 2 aromatic rings. The number of carbonyl (C=O) groups is 2. The molecule has 0 saturated heterocycles. The summed E-state index contributed by atoms with van der Waals surface area (Å²) in [5.41, 5.74) is 0. The summed E-state index contributed by atoms with van der Waals surface area (Å²) in [6.07, 6.45) is -3.02. The topological polar surface area (TPSA) is 112 Å². The van der Waals surface area contributed by atoms with Crippen LogP contribution in [0.2, 0.25) is 0 Å². The van der Waals surface area contributed by atoms with Crippen molar-refractivity contribution in [2.75, 3.05) is 0 Å². The molecular weight excluding hydrogens is 296 g/mol. The van der Waals surface area contributed by atoms with Crippen LogP contribution in [0.4, 0.5) is 9.59 Å². The van der Waals surface area contributed by atoms with Gasteiger partial charge >= 0.3 is 12.3 Å². The molecule has 0 spiro atoms. The molecule has 8 heteroatoms. The highest BCUT2D eigenvalue weighted by atomic mass is 17.2. The third-order valence-electron chi connectivity index (χ3n) is 2.31. The molecule has 0 aliphatic carbocycles. The standard InChI is InChI=1S/C14H10O8/c15-13(16)19-9-5-1-3-7-11(9)21-22-12-8-4-2-6-10(12)20-14(17)18/h1-8H,(H,15,16)(H,17,18). The number of ether oxygens (including phenoxy) is 2. The molecule has 0 bridgehead atoms. The maximum absolute atomic E-state index is 10.6. The lowest BCUT2D eigenvalue weighted by Gasteiger charge is -2.10. The zero-order valence-corrected chi connectivity index (χ0v) is 11.0. The van der Waals surface area contributed by atoms with E-state index < -0.39 is 12.3 Å². The first-order valence-corrected chi connectivity index (χ1v) is 5.90. The summed E-state index contributed by atoms with van der Waals surface area (Å²) in [6.45, 7) is 0. The highest BCUT2D eigenvalue weighted by Crippen LogP contribution is 2.30. The van der Waals surface area contributed by atoms with Crippen LogP contribution in [0.5, 0.6) is 23.0 Å². The highest BCUT2D eigenvalue weighted by molar-refractivity contribution is 5.63. The molecule has 0 fully saturated rings. The van der Waals surface area contributed by atoms with Crippen LogP contribution in [-0.2, 0) is 0 Å². The Labute approximate surface area is 124 Å². The summed E-state index contributed by atoms with van der Waals surface area (Å²) in [7, 11) is 0. The predicted octanol–water partition coefficient (Wildman–Crippen LogP) is 3.17. The van der Waals surface area contributed by atoms with Crippen molar-refractivity contribution in [2.24, 2.45) is 0 Å². The molecule has 2 aromatic carbocycles. The van der Waals surface area contributed by atoms with Gasteiger partial charge in [0.25, 0.3) is 0 Å². The van der Waals surface area contributed by atoms with Gasteiger partial charge in [-0.05, 0) is 24.3 Å². The molecule has 2 rings (SSSR count). The van der Waals surface area contributed by atoms with Gasteiger partial charge in [-0.3, -0.25) is 9.78 Å². The second-order valence-corrected chi connectivity index (χ2v) is 3.80. The first-order chi connectivity index (χ1) is 10.6. The first kappa shape index (κ1) is 15.0. The number of hydrogen-bond acceptors (Lipinski definition) is 6. The van der Waals surface area contributed by atoms with E-state index >= 15 is 0 Å². The fourth-order valence-corrected chi connectivity index (χ4v) is 1.48. The molecule has 0 aliphatic rings. The summed E-state index contributed by atoms with van der Waals surface area (Å²) in [6, 6.07) is 11.8. The highest BCUT2D eigenvalue weighted by Gasteiger charge is 2.13. The van der Waals surface area contributed by atoms with E-state index in [9.17, 15) is 9.59 Å². The summed E-state index contributed by atoms with van der Waals surface area (Å²) in [5.74, 6) is -0.164. The van der Waals surface area contributed by atoms with Crippen LogP contribution in [0.3, 0.4) is 0 Å². The summed E-state index contributed by atoms with van der Waals surface area (Å²) in [4.78, 5) is 31.1. The van der Waals surface area contributed by atoms with Crippen molar-refractivity contribution in [1.29, 1.82) is 0 Å². The number of rotatable bonds is 5. The normalized spacial score (nSPS) is 9.64. The van der Waals surface area contributed by atoms with Crippen molar-refractivity contribution in [3.8, 4) is 23.0 Å². The minimum absolute atomic E-state index is 0.00460. The van der Waals surface area contributed by atoms with E-state index in [1.165, 1.54) is 24.3 Å². The maximum atomic E-state index is 10.6. The van der Waals surface area contributed by atoms with E-state index in [2.05, 4.69) is 9.47 Å². The second-order valence-electron chi connectivity index (χ2n) is 3.80. The van der Waals surface area contributed by atoms with Crippen molar-refractivity contribution >= 4 is 12.3 Å². The van der Waals surface area contributed by atoms with Crippen molar-refractivity contribution in [3.63, 3.8) is 0 Å². The average molecular weight is 306 g/mol. The van der Waals surface area contributed by atoms with Gasteiger partial charge in [0.2, 0.25) is 11.5 Å². The lowest BCUT2D eigenvalue weighted by molar-refractivity contribution is -0.103. The number of para-hydroxylation sites is 4. The minimum atomic E-state index is -1.51. The molecular formula is C14H10O8. The number of carboxylic acid groups (broad SMARTS) is 2. The smallest absolute Gasteiger partial charge is 0.449 e. The van der Waals surface area contributed by atoms with E-state index in [0.717, 1.165) is 0 Å². The van der Waals surface area contributed by atoms with Gasteiger partial charge < -0.3 is 19.7 Å². The zero-order chi connectivity index (χ0) is 15.9. The molecule has 0 heterocycles. The molecule has 0 atom stereocenters. The van der Waals surface area contributed by atoms with E-state index in [-0.39, 0.29) is 23.0 Å². The van der Waals surface area contributed by atoms with Crippen LogP contribution < -0.4 is 19.2 Å². The van der Waals surface area contributed by atoms with E-state index in [4.69, 9.17) is 20.0 Å². The molecule has 0 aromatic heterocycles. The van der Waals surface area contributed by atoms with Crippen LogP contribution in [0.1, 0.15) is 0 Å². The van der Waals surface area contributed by atoms with E-state index in [1.54, 1.807) is 24.3 Å². The van der Waals surface area contributed by atoms with Crippen LogP contribution in [0, 0.1) is 0 Å². The quantitative estimate of drug-likeness (QED) is 0.375. The van der Waals surface area contributed by atoms with Crippen LogP contribution >= 0.6 is 0 Å². The summed E-state index contributed by atoms with van der Waals surface area (Å²) < 4.78 is 9.03. The molecule has 2 N–H and O–H groups in total. The Morgan fingerprint density at radius 1 is 0.636 bits per heavy atom. The predicted molar refractivity (Wildman–Crippen MR) is 71.4 cm³/mol. The summed E-state index contributed by atoms with van der Waals surface area (Å²) in [5, 5.41) is 17.2.